The molecule has 5 aromatic carbocycles. The van der Waals surface area contributed by atoms with E-state index in [-0.39, 0.29) is 11.6 Å². The van der Waals surface area contributed by atoms with Gasteiger partial charge in [-0.3, -0.25) is 0 Å². The van der Waals surface area contributed by atoms with Gasteiger partial charge in [-0.25, -0.2) is 8.78 Å². The monoisotopic (exact) mass is 652 g/mol. The van der Waals surface area contributed by atoms with E-state index in [0.29, 0.717) is 5.75 Å². The number of rotatable bonds is 4. The van der Waals surface area contributed by atoms with Gasteiger partial charge in [-0.15, -0.1) is 0 Å². The second kappa shape index (κ2) is 11.5. The van der Waals surface area contributed by atoms with Gasteiger partial charge in [0.2, 0.25) is 0 Å². The number of hydrogen-bond acceptors (Lipinski definition) is 3. The summed E-state index contributed by atoms with van der Waals surface area (Å²) in [4.78, 5) is 4.95. The summed E-state index contributed by atoms with van der Waals surface area (Å²) in [5.74, 6) is 0.0970. The zero-order valence-electron chi connectivity index (χ0n) is 28.4. The van der Waals surface area contributed by atoms with Crippen LogP contribution in [0.5, 0.6) is 5.75 Å². The molecule has 0 saturated carbocycles. The van der Waals surface area contributed by atoms with Crippen molar-refractivity contribution in [3.8, 4) is 16.9 Å². The third-order valence-electron chi connectivity index (χ3n) is 11.6. The molecule has 5 heteroatoms. The third-order valence-corrected chi connectivity index (χ3v) is 11.6. The van der Waals surface area contributed by atoms with Gasteiger partial charge in [-0.2, -0.15) is 0 Å². The second-order valence-electron chi connectivity index (χ2n) is 14.9. The quantitative estimate of drug-likeness (QED) is 0.192. The van der Waals surface area contributed by atoms with Crippen molar-refractivity contribution in [2.75, 3.05) is 36.0 Å². The van der Waals surface area contributed by atoms with Crippen LogP contribution in [0.1, 0.15) is 80.2 Å². The Balaban J connectivity index is 1.24. The summed E-state index contributed by atoms with van der Waals surface area (Å²) in [6, 6.07) is 27.8. The predicted molar refractivity (Wildman–Crippen MR) is 197 cm³/mol. The van der Waals surface area contributed by atoms with Crippen molar-refractivity contribution in [3.63, 3.8) is 0 Å². The SMILES string of the molecule is CC1(C)c2cc(F)ccc2-c2c1c1c(c3cc(F)ccc23)OC(c2ccc(N3CCCCC3)cc2)(c2ccc(N3CCCCC3)cc2)C=C1. The highest BCUT2D eigenvalue weighted by Gasteiger charge is 2.44. The predicted octanol–water partition coefficient (Wildman–Crippen LogP) is 10.8. The average molecular weight is 653 g/mol. The fraction of sp³-hybridized carbons (Fsp3) is 0.318. The molecule has 2 saturated heterocycles. The maximum Gasteiger partial charge on any atom is 0.178 e. The average Bonchev–Trinajstić information content (AvgIpc) is 3.38. The van der Waals surface area contributed by atoms with Gasteiger partial charge in [0.1, 0.15) is 17.4 Å². The van der Waals surface area contributed by atoms with E-state index in [9.17, 15) is 4.39 Å². The van der Waals surface area contributed by atoms with Gasteiger partial charge in [0.15, 0.2) is 5.60 Å². The zero-order chi connectivity index (χ0) is 33.3. The lowest BCUT2D eigenvalue weighted by molar-refractivity contribution is 0.163. The lowest BCUT2D eigenvalue weighted by atomic mass is 9.76. The van der Waals surface area contributed by atoms with E-state index in [1.54, 1.807) is 12.1 Å². The normalized spacial score (nSPS) is 18.9. The number of nitrogens with zero attached hydrogens (tertiary/aromatic N) is 2. The summed E-state index contributed by atoms with van der Waals surface area (Å²) in [6.45, 7) is 8.63. The Labute approximate surface area is 287 Å². The second-order valence-corrected chi connectivity index (χ2v) is 14.9. The Morgan fingerprint density at radius 1 is 0.612 bits per heavy atom. The van der Waals surface area contributed by atoms with Crippen molar-refractivity contribution in [2.24, 2.45) is 0 Å². The van der Waals surface area contributed by atoms with Crippen LogP contribution in [-0.2, 0) is 11.0 Å². The van der Waals surface area contributed by atoms with Gasteiger partial charge in [-0.05, 0) is 121 Å². The molecule has 3 heterocycles. The Hall–Kier alpha value is -4.64. The molecular formula is C44H42F2N2O. The summed E-state index contributed by atoms with van der Waals surface area (Å²) in [7, 11) is 0. The first-order valence-electron chi connectivity index (χ1n) is 18.0. The summed E-state index contributed by atoms with van der Waals surface area (Å²) >= 11 is 0. The van der Waals surface area contributed by atoms with E-state index in [1.165, 1.54) is 62.0 Å². The third kappa shape index (κ3) is 4.80. The molecule has 0 amide bonds. The van der Waals surface area contributed by atoms with Crippen molar-refractivity contribution in [2.45, 2.75) is 63.4 Å². The minimum Gasteiger partial charge on any atom is -0.472 e. The highest BCUT2D eigenvalue weighted by molar-refractivity contribution is 6.08. The molecule has 0 bridgehead atoms. The molecule has 248 valence electrons. The van der Waals surface area contributed by atoms with E-state index < -0.39 is 11.0 Å². The molecule has 49 heavy (non-hydrogen) atoms. The Morgan fingerprint density at radius 2 is 1.16 bits per heavy atom. The summed E-state index contributed by atoms with van der Waals surface area (Å²) in [6.07, 6.45) is 11.8. The lowest BCUT2D eigenvalue weighted by Crippen LogP contribution is -2.35. The molecule has 0 N–H and O–H groups in total. The van der Waals surface area contributed by atoms with Crippen LogP contribution >= 0.6 is 0 Å². The van der Waals surface area contributed by atoms with Gasteiger partial charge in [0.05, 0.1) is 0 Å². The van der Waals surface area contributed by atoms with E-state index in [0.717, 1.165) is 75.9 Å². The van der Waals surface area contributed by atoms with Crippen molar-refractivity contribution in [1.82, 2.24) is 0 Å². The Morgan fingerprint density at radius 3 is 1.76 bits per heavy atom. The first-order chi connectivity index (χ1) is 23.8. The van der Waals surface area contributed by atoms with E-state index in [2.05, 4.69) is 84.3 Å². The Bertz CT molecular complexity index is 2040. The molecule has 1 aliphatic carbocycles. The zero-order valence-corrected chi connectivity index (χ0v) is 28.4. The topological polar surface area (TPSA) is 15.7 Å². The molecule has 3 nitrogen and oxygen atoms in total. The van der Waals surface area contributed by atoms with Crippen LogP contribution in [0.2, 0.25) is 0 Å². The maximum atomic E-state index is 15.2. The first-order valence-corrected chi connectivity index (χ1v) is 18.0. The summed E-state index contributed by atoms with van der Waals surface area (Å²) in [5.41, 5.74) is 8.07. The standard InChI is InChI=1S/C44H42F2N2O/c1-43(2)39-28-32(46)14-20-36(39)40-35-19-13-31(45)27-38(35)42-37(41(40)43)21-22-44(49-42,29-9-15-33(16-10-29)47-23-5-3-6-24-47)30-11-17-34(18-12-30)48-25-7-4-8-26-48/h9-22,27-28H,3-8,23-26H2,1-2H3. The van der Waals surface area contributed by atoms with Crippen molar-refractivity contribution < 1.29 is 13.5 Å². The number of anilines is 2. The number of benzene rings is 5. The number of fused-ring (bicyclic) bond motifs is 8. The van der Waals surface area contributed by atoms with Gasteiger partial charge >= 0.3 is 0 Å². The van der Waals surface area contributed by atoms with Crippen LogP contribution in [0.4, 0.5) is 20.2 Å². The highest BCUT2D eigenvalue weighted by Crippen LogP contribution is 2.58. The van der Waals surface area contributed by atoms with E-state index in [4.69, 9.17) is 4.74 Å². The van der Waals surface area contributed by atoms with E-state index >= 15 is 4.39 Å². The van der Waals surface area contributed by atoms with Crippen LogP contribution < -0.4 is 14.5 Å². The van der Waals surface area contributed by atoms with Crippen LogP contribution in [0.3, 0.4) is 0 Å². The number of hydrogen-bond donors (Lipinski definition) is 0. The van der Waals surface area contributed by atoms with Crippen LogP contribution in [0.15, 0.2) is 91.0 Å². The number of piperidine rings is 2. The molecule has 0 radical (unpaired) electrons. The minimum atomic E-state index is -0.941. The fourth-order valence-electron chi connectivity index (χ4n) is 9.05. The number of ether oxygens (including phenoxy) is 1. The highest BCUT2D eigenvalue weighted by atomic mass is 19.1. The van der Waals surface area contributed by atoms with Gasteiger partial charge < -0.3 is 14.5 Å². The molecule has 9 rings (SSSR count). The molecule has 4 aliphatic rings. The van der Waals surface area contributed by atoms with Gasteiger partial charge in [-0.1, -0.05) is 56.3 Å². The molecular weight excluding hydrogens is 610 g/mol. The van der Waals surface area contributed by atoms with Crippen molar-refractivity contribution >= 4 is 28.2 Å². The molecule has 0 spiro atoms. The van der Waals surface area contributed by atoms with Gasteiger partial charge in [0, 0.05) is 65.0 Å². The Kier molecular flexibility index (Phi) is 7.12. The van der Waals surface area contributed by atoms with Crippen LogP contribution in [-0.4, -0.2) is 26.2 Å². The summed E-state index contributed by atoms with van der Waals surface area (Å²) < 4.78 is 37.3. The first kappa shape index (κ1) is 30.4. The maximum absolute atomic E-state index is 15.2. The minimum absolute atomic E-state index is 0.254. The molecule has 0 unspecified atom stereocenters. The van der Waals surface area contributed by atoms with Gasteiger partial charge in [0.25, 0.3) is 0 Å². The van der Waals surface area contributed by atoms with Crippen LogP contribution in [0.25, 0.3) is 28.0 Å². The fourth-order valence-corrected chi connectivity index (χ4v) is 9.05. The largest absolute Gasteiger partial charge is 0.472 e. The lowest BCUT2D eigenvalue weighted by Gasteiger charge is -2.39. The molecule has 2 fully saturated rings. The smallest absolute Gasteiger partial charge is 0.178 e. The van der Waals surface area contributed by atoms with Crippen molar-refractivity contribution in [3.05, 3.63) is 130 Å². The molecule has 5 aromatic rings. The van der Waals surface area contributed by atoms with Crippen LogP contribution in [0, 0.1) is 11.6 Å². The molecule has 0 atom stereocenters. The van der Waals surface area contributed by atoms with Crippen molar-refractivity contribution in [1.29, 1.82) is 0 Å². The molecule has 0 aromatic heterocycles. The van der Waals surface area contributed by atoms with E-state index in [1.807, 2.05) is 12.1 Å². The number of halogens is 2. The molecule has 3 aliphatic heterocycles. The summed E-state index contributed by atoms with van der Waals surface area (Å²) in [5, 5.41) is 1.64.